The molecule has 1 aromatic carbocycles. The van der Waals surface area contributed by atoms with Crippen molar-refractivity contribution in [3.63, 3.8) is 0 Å². The number of nitro groups is 1. The van der Waals surface area contributed by atoms with E-state index in [2.05, 4.69) is 10.6 Å². The maximum absolute atomic E-state index is 11.8. The molecule has 0 aliphatic heterocycles. The van der Waals surface area contributed by atoms with Crippen LogP contribution in [0.4, 0.5) is 5.69 Å². The highest BCUT2D eigenvalue weighted by Crippen LogP contribution is 2.29. The van der Waals surface area contributed by atoms with Crippen LogP contribution in [0.15, 0.2) is 24.3 Å². The van der Waals surface area contributed by atoms with Gasteiger partial charge in [-0.25, -0.2) is 0 Å². The van der Waals surface area contributed by atoms with Crippen LogP contribution in [0, 0.1) is 10.1 Å². The van der Waals surface area contributed by atoms with E-state index >= 15 is 0 Å². The summed E-state index contributed by atoms with van der Waals surface area (Å²) in [4.78, 5) is 32.1. The van der Waals surface area contributed by atoms with Crippen molar-refractivity contribution >= 4 is 52.8 Å². The van der Waals surface area contributed by atoms with E-state index < -0.39 is 20.8 Å². The molecule has 7 nitrogen and oxygen atoms in total. The number of nitro benzene ring substituents is 1. The predicted molar refractivity (Wildman–Crippen MR) is 73.8 cm³/mol. The Morgan fingerprint density at radius 2 is 1.85 bits per heavy atom. The first kappa shape index (κ1) is 16.5. The van der Waals surface area contributed by atoms with Crippen molar-refractivity contribution in [2.75, 3.05) is 0 Å². The Hall–Kier alpha value is -1.57. The molecular weight excluding hydrogens is 332 g/mol. The number of carbonyl (C=O) groups excluding carboxylic acids is 2. The Bertz CT molecular complexity index is 515. The minimum absolute atomic E-state index is 0.113. The molecule has 1 rings (SSSR count). The predicted octanol–water partition coefficient (Wildman–Crippen LogP) is 1.77. The van der Waals surface area contributed by atoms with E-state index in [9.17, 15) is 19.7 Å². The smallest absolute Gasteiger partial charge is 0.269 e. The zero-order valence-electron chi connectivity index (χ0n) is 9.68. The Balaban J connectivity index is 2.83. The first-order chi connectivity index (χ1) is 9.25. The molecule has 0 aliphatic carbocycles. The van der Waals surface area contributed by atoms with E-state index in [0.29, 0.717) is 0 Å². The van der Waals surface area contributed by atoms with Crippen LogP contribution in [0.3, 0.4) is 0 Å². The number of hydrogen-bond donors (Lipinski definition) is 2. The fourth-order valence-corrected chi connectivity index (χ4v) is 1.59. The second-order valence-corrected chi connectivity index (χ2v) is 5.91. The molecule has 0 aromatic heterocycles. The number of amides is 2. The molecule has 1 aromatic rings. The van der Waals surface area contributed by atoms with Crippen LogP contribution >= 0.6 is 34.8 Å². The number of nitrogens with one attached hydrogen (secondary N) is 2. The van der Waals surface area contributed by atoms with Gasteiger partial charge in [-0.1, -0.05) is 34.8 Å². The summed E-state index contributed by atoms with van der Waals surface area (Å²) < 4.78 is -1.95. The molecule has 0 heterocycles. The summed E-state index contributed by atoms with van der Waals surface area (Å²) in [6, 6.07) is 4.80. The normalized spacial score (nSPS) is 12.3. The number of rotatable bonds is 5. The average molecular weight is 341 g/mol. The van der Waals surface area contributed by atoms with Gasteiger partial charge in [-0.05, 0) is 12.1 Å². The Labute approximate surface area is 128 Å². The molecule has 2 amide bonds. The fraction of sp³-hybridized carbons (Fsp3) is 0.200. The van der Waals surface area contributed by atoms with E-state index in [4.69, 9.17) is 34.8 Å². The van der Waals surface area contributed by atoms with Gasteiger partial charge in [-0.15, -0.1) is 0 Å². The van der Waals surface area contributed by atoms with Crippen molar-refractivity contribution in [2.24, 2.45) is 0 Å². The number of hydrogen-bond acceptors (Lipinski definition) is 4. The van der Waals surface area contributed by atoms with Crippen molar-refractivity contribution in [3.05, 3.63) is 39.9 Å². The van der Waals surface area contributed by atoms with Crippen LogP contribution in [0.1, 0.15) is 10.4 Å². The van der Waals surface area contributed by atoms with Crippen molar-refractivity contribution < 1.29 is 14.5 Å². The van der Waals surface area contributed by atoms with Crippen molar-refractivity contribution in [1.82, 2.24) is 10.6 Å². The molecular formula is C10H8Cl3N3O4. The van der Waals surface area contributed by atoms with Crippen LogP contribution in [-0.4, -0.2) is 27.2 Å². The van der Waals surface area contributed by atoms with E-state index in [0.717, 1.165) is 12.1 Å². The van der Waals surface area contributed by atoms with Gasteiger partial charge in [-0.2, -0.15) is 0 Å². The van der Waals surface area contributed by atoms with Gasteiger partial charge in [0.2, 0.25) is 10.2 Å². The van der Waals surface area contributed by atoms with E-state index in [-0.39, 0.29) is 17.7 Å². The highest BCUT2D eigenvalue weighted by molar-refractivity contribution is 6.68. The largest absolute Gasteiger partial charge is 0.335 e. The standard InChI is InChI=1S/C10H8Cl3N3O4/c11-10(12,13)9(14-5-17)15-8(18)6-1-3-7(4-2-6)16(19)20/h1-5,9H,(H,14,17)(H,15,18). The number of alkyl halides is 3. The van der Waals surface area contributed by atoms with E-state index in [1.807, 2.05) is 0 Å². The zero-order valence-corrected chi connectivity index (χ0v) is 11.9. The molecule has 0 saturated carbocycles. The number of non-ortho nitro benzene ring substituents is 1. The summed E-state index contributed by atoms with van der Waals surface area (Å²) in [6.45, 7) is 0. The Kier molecular flexibility index (Phi) is 5.55. The molecule has 0 bridgehead atoms. The number of halogens is 3. The molecule has 0 radical (unpaired) electrons. The summed E-state index contributed by atoms with van der Waals surface area (Å²) in [5, 5.41) is 14.9. The summed E-state index contributed by atoms with van der Waals surface area (Å²) in [5.41, 5.74) is -0.0481. The molecule has 10 heteroatoms. The quantitative estimate of drug-likeness (QED) is 0.280. The van der Waals surface area contributed by atoms with Crippen LogP contribution in [0.25, 0.3) is 0 Å². The van der Waals surface area contributed by atoms with Gasteiger partial charge in [0.05, 0.1) is 4.92 Å². The van der Waals surface area contributed by atoms with Gasteiger partial charge in [-0.3, -0.25) is 19.7 Å². The molecule has 1 atom stereocenters. The lowest BCUT2D eigenvalue weighted by Gasteiger charge is -2.24. The lowest BCUT2D eigenvalue weighted by molar-refractivity contribution is -0.384. The second-order valence-electron chi connectivity index (χ2n) is 3.54. The number of carbonyl (C=O) groups is 2. The van der Waals surface area contributed by atoms with Gasteiger partial charge in [0, 0.05) is 17.7 Å². The van der Waals surface area contributed by atoms with E-state index in [1.54, 1.807) is 0 Å². The Morgan fingerprint density at radius 3 is 2.25 bits per heavy atom. The third kappa shape index (κ3) is 4.52. The first-order valence-electron chi connectivity index (χ1n) is 5.07. The summed E-state index contributed by atoms with van der Waals surface area (Å²) in [6.07, 6.45) is -0.976. The van der Waals surface area contributed by atoms with Crippen LogP contribution in [0.2, 0.25) is 0 Å². The monoisotopic (exact) mass is 339 g/mol. The third-order valence-electron chi connectivity index (χ3n) is 2.18. The lowest BCUT2D eigenvalue weighted by Crippen LogP contribution is -2.52. The molecule has 108 valence electrons. The maximum atomic E-state index is 11.8. The van der Waals surface area contributed by atoms with Gasteiger partial charge >= 0.3 is 0 Å². The number of nitrogens with zero attached hydrogens (tertiary/aromatic N) is 1. The molecule has 2 N–H and O–H groups in total. The summed E-state index contributed by atoms with van der Waals surface area (Å²) in [7, 11) is 0. The van der Waals surface area contributed by atoms with Crippen molar-refractivity contribution in [1.29, 1.82) is 0 Å². The van der Waals surface area contributed by atoms with Crippen LogP contribution < -0.4 is 10.6 Å². The maximum Gasteiger partial charge on any atom is 0.269 e. The minimum Gasteiger partial charge on any atom is -0.335 e. The zero-order chi connectivity index (χ0) is 15.3. The van der Waals surface area contributed by atoms with Gasteiger partial charge < -0.3 is 10.6 Å². The molecule has 0 spiro atoms. The average Bonchev–Trinajstić information content (AvgIpc) is 2.37. The summed E-state index contributed by atoms with van der Waals surface area (Å²) in [5.74, 6) is -0.662. The second kappa shape index (κ2) is 6.74. The third-order valence-corrected chi connectivity index (χ3v) is 2.83. The van der Waals surface area contributed by atoms with Crippen molar-refractivity contribution in [3.8, 4) is 0 Å². The first-order valence-corrected chi connectivity index (χ1v) is 6.21. The lowest BCUT2D eigenvalue weighted by atomic mass is 10.2. The Morgan fingerprint density at radius 1 is 1.30 bits per heavy atom. The minimum atomic E-state index is -1.95. The van der Waals surface area contributed by atoms with E-state index in [1.165, 1.54) is 12.1 Å². The highest BCUT2D eigenvalue weighted by atomic mass is 35.6. The molecule has 0 saturated heterocycles. The van der Waals surface area contributed by atoms with Gasteiger partial charge in [0.15, 0.2) is 0 Å². The molecule has 20 heavy (non-hydrogen) atoms. The highest BCUT2D eigenvalue weighted by Gasteiger charge is 2.33. The molecule has 0 fully saturated rings. The molecule has 1 unspecified atom stereocenters. The number of benzene rings is 1. The fourth-order valence-electron chi connectivity index (χ4n) is 1.23. The SMILES string of the molecule is O=CNC(NC(=O)c1ccc([N+](=O)[O-])cc1)C(Cl)(Cl)Cl. The van der Waals surface area contributed by atoms with Crippen LogP contribution in [0.5, 0.6) is 0 Å². The topological polar surface area (TPSA) is 101 Å². The van der Waals surface area contributed by atoms with Crippen LogP contribution in [-0.2, 0) is 4.79 Å². The van der Waals surface area contributed by atoms with Crippen molar-refractivity contribution in [2.45, 2.75) is 9.96 Å². The van der Waals surface area contributed by atoms with Gasteiger partial charge in [0.1, 0.15) is 6.17 Å². The summed E-state index contributed by atoms with van der Waals surface area (Å²) >= 11 is 16.7. The molecule has 0 aliphatic rings. The van der Waals surface area contributed by atoms with Gasteiger partial charge in [0.25, 0.3) is 11.6 Å².